The van der Waals surface area contributed by atoms with Gasteiger partial charge in [0.1, 0.15) is 5.82 Å². The Morgan fingerprint density at radius 2 is 2.00 bits per heavy atom. The van der Waals surface area contributed by atoms with E-state index in [0.29, 0.717) is 5.82 Å². The summed E-state index contributed by atoms with van der Waals surface area (Å²) in [4.78, 5) is 21.1. The second kappa shape index (κ2) is 4.47. The standard InChI is InChI=1S/C9H11N3O4/c1-5-3-7(12(2)11-5)10-4-6(8(13)14)9(15)16/h3-4,10H,1-2H3,(H,13,14)(H,15,16). The van der Waals surface area contributed by atoms with Gasteiger partial charge in [0, 0.05) is 19.3 Å². The molecule has 0 aliphatic carbocycles. The van der Waals surface area contributed by atoms with Crippen molar-refractivity contribution in [2.24, 2.45) is 7.05 Å². The average Bonchev–Trinajstić information content (AvgIpc) is 2.44. The number of carboxylic acid groups (broad SMARTS) is 2. The van der Waals surface area contributed by atoms with Gasteiger partial charge in [-0.25, -0.2) is 9.59 Å². The molecule has 0 saturated carbocycles. The van der Waals surface area contributed by atoms with Gasteiger partial charge < -0.3 is 15.5 Å². The topological polar surface area (TPSA) is 104 Å². The Morgan fingerprint density at radius 3 is 2.38 bits per heavy atom. The Bertz CT molecular complexity index is 445. The lowest BCUT2D eigenvalue weighted by Crippen LogP contribution is -2.13. The minimum atomic E-state index is -1.50. The van der Waals surface area contributed by atoms with Crippen LogP contribution in [0, 0.1) is 6.92 Å². The highest BCUT2D eigenvalue weighted by Gasteiger charge is 2.15. The van der Waals surface area contributed by atoms with Crippen molar-refractivity contribution >= 4 is 17.8 Å². The fourth-order valence-corrected chi connectivity index (χ4v) is 1.11. The number of aryl methyl sites for hydroxylation is 2. The zero-order valence-electron chi connectivity index (χ0n) is 8.76. The monoisotopic (exact) mass is 225 g/mol. The lowest BCUT2D eigenvalue weighted by Gasteiger charge is -2.01. The van der Waals surface area contributed by atoms with E-state index in [0.717, 1.165) is 11.9 Å². The van der Waals surface area contributed by atoms with Gasteiger partial charge in [-0.3, -0.25) is 4.68 Å². The SMILES string of the molecule is Cc1cc(NC=C(C(=O)O)C(=O)O)n(C)n1. The van der Waals surface area contributed by atoms with Crippen LogP contribution in [0.15, 0.2) is 17.8 Å². The van der Waals surface area contributed by atoms with Gasteiger partial charge in [0.2, 0.25) is 0 Å². The predicted octanol–water partition coefficient (Wildman–Crippen LogP) is 0.194. The van der Waals surface area contributed by atoms with Gasteiger partial charge in [-0.05, 0) is 6.92 Å². The molecule has 1 heterocycles. The molecule has 7 nitrogen and oxygen atoms in total. The highest BCUT2D eigenvalue weighted by Crippen LogP contribution is 2.08. The molecule has 0 atom stereocenters. The highest BCUT2D eigenvalue weighted by molar-refractivity contribution is 6.12. The number of aromatic nitrogens is 2. The van der Waals surface area contributed by atoms with Crippen molar-refractivity contribution in [2.75, 3.05) is 5.32 Å². The zero-order valence-corrected chi connectivity index (χ0v) is 8.76. The third-order valence-electron chi connectivity index (χ3n) is 1.83. The minimum absolute atomic E-state index is 0.512. The molecule has 1 aromatic heterocycles. The maximum atomic E-state index is 10.5. The Balaban J connectivity index is 2.89. The van der Waals surface area contributed by atoms with E-state index in [1.54, 1.807) is 20.0 Å². The fourth-order valence-electron chi connectivity index (χ4n) is 1.11. The number of carboxylic acids is 2. The zero-order chi connectivity index (χ0) is 12.3. The summed E-state index contributed by atoms with van der Waals surface area (Å²) in [5.74, 6) is -2.49. The van der Waals surface area contributed by atoms with Crippen LogP contribution in [0.4, 0.5) is 5.82 Å². The molecule has 1 aromatic rings. The molecular weight excluding hydrogens is 214 g/mol. The molecule has 0 saturated heterocycles. The van der Waals surface area contributed by atoms with Gasteiger partial charge in [-0.15, -0.1) is 0 Å². The van der Waals surface area contributed by atoms with Crippen molar-refractivity contribution < 1.29 is 19.8 Å². The van der Waals surface area contributed by atoms with E-state index in [-0.39, 0.29) is 0 Å². The van der Waals surface area contributed by atoms with Gasteiger partial charge in [-0.1, -0.05) is 0 Å². The molecule has 0 amide bonds. The van der Waals surface area contributed by atoms with E-state index < -0.39 is 17.5 Å². The first kappa shape index (κ1) is 11.8. The number of nitrogens with zero attached hydrogens (tertiary/aromatic N) is 2. The number of hydrogen-bond acceptors (Lipinski definition) is 4. The van der Waals surface area contributed by atoms with Crippen molar-refractivity contribution in [3.8, 4) is 0 Å². The normalized spacial score (nSPS) is 9.62. The van der Waals surface area contributed by atoms with E-state index >= 15 is 0 Å². The first-order valence-corrected chi connectivity index (χ1v) is 4.35. The number of anilines is 1. The van der Waals surface area contributed by atoms with E-state index in [2.05, 4.69) is 10.4 Å². The first-order valence-electron chi connectivity index (χ1n) is 4.35. The van der Waals surface area contributed by atoms with E-state index in [4.69, 9.17) is 10.2 Å². The minimum Gasteiger partial charge on any atom is -0.477 e. The molecule has 0 fully saturated rings. The number of hydrogen-bond donors (Lipinski definition) is 3. The maximum Gasteiger partial charge on any atom is 0.344 e. The average molecular weight is 225 g/mol. The summed E-state index contributed by atoms with van der Waals surface area (Å²) in [6.07, 6.45) is 0.918. The molecule has 1 rings (SSSR count). The molecule has 7 heteroatoms. The van der Waals surface area contributed by atoms with Crippen LogP contribution >= 0.6 is 0 Å². The quantitative estimate of drug-likeness (QED) is 0.384. The second-order valence-electron chi connectivity index (χ2n) is 3.11. The van der Waals surface area contributed by atoms with Crippen molar-refractivity contribution in [3.05, 3.63) is 23.5 Å². The van der Waals surface area contributed by atoms with Crippen LogP contribution in [0.1, 0.15) is 5.69 Å². The third kappa shape index (κ3) is 2.59. The summed E-state index contributed by atoms with van der Waals surface area (Å²) < 4.78 is 1.48. The highest BCUT2D eigenvalue weighted by atomic mass is 16.4. The summed E-state index contributed by atoms with van der Waals surface area (Å²) in [5.41, 5.74) is 0.00412. The Labute approximate surface area is 91.0 Å². The van der Waals surface area contributed by atoms with E-state index in [1.165, 1.54) is 4.68 Å². The van der Waals surface area contributed by atoms with Crippen LogP contribution in [0.25, 0.3) is 0 Å². The van der Waals surface area contributed by atoms with Crippen molar-refractivity contribution in [1.29, 1.82) is 0 Å². The molecule has 86 valence electrons. The molecule has 3 N–H and O–H groups in total. The van der Waals surface area contributed by atoms with Crippen LogP contribution in [-0.2, 0) is 16.6 Å². The van der Waals surface area contributed by atoms with Gasteiger partial charge in [0.05, 0.1) is 5.69 Å². The molecule has 0 radical (unpaired) electrons. The number of rotatable bonds is 4. The molecule has 0 aliphatic heterocycles. The van der Waals surface area contributed by atoms with E-state index in [9.17, 15) is 9.59 Å². The molecule has 0 unspecified atom stereocenters. The lowest BCUT2D eigenvalue weighted by atomic mass is 10.3. The lowest BCUT2D eigenvalue weighted by molar-refractivity contribution is -0.140. The molecule has 0 bridgehead atoms. The van der Waals surface area contributed by atoms with Crippen LogP contribution in [0.3, 0.4) is 0 Å². The van der Waals surface area contributed by atoms with Crippen LogP contribution in [-0.4, -0.2) is 31.9 Å². The first-order chi connectivity index (χ1) is 7.41. The number of aliphatic carboxylic acids is 2. The van der Waals surface area contributed by atoms with Crippen LogP contribution in [0.5, 0.6) is 0 Å². The van der Waals surface area contributed by atoms with Crippen molar-refractivity contribution in [2.45, 2.75) is 6.92 Å². The summed E-state index contributed by atoms with van der Waals surface area (Å²) in [6, 6.07) is 1.66. The molecule has 0 spiro atoms. The van der Waals surface area contributed by atoms with Crippen molar-refractivity contribution in [1.82, 2.24) is 9.78 Å². The summed E-state index contributed by atoms with van der Waals surface area (Å²) in [7, 11) is 1.66. The fraction of sp³-hybridized carbons (Fsp3) is 0.222. The maximum absolute atomic E-state index is 10.5. The van der Waals surface area contributed by atoms with Crippen molar-refractivity contribution in [3.63, 3.8) is 0 Å². The Hall–Kier alpha value is -2.31. The van der Waals surface area contributed by atoms with Crippen LogP contribution < -0.4 is 5.32 Å². The molecular formula is C9H11N3O4. The van der Waals surface area contributed by atoms with Gasteiger partial charge in [0.25, 0.3) is 0 Å². The molecule has 0 aliphatic rings. The Kier molecular flexibility index (Phi) is 3.29. The smallest absolute Gasteiger partial charge is 0.344 e. The number of nitrogens with one attached hydrogen (secondary N) is 1. The number of carbonyl (C=O) groups is 2. The van der Waals surface area contributed by atoms with Gasteiger partial charge in [-0.2, -0.15) is 5.10 Å². The summed E-state index contributed by atoms with van der Waals surface area (Å²) >= 11 is 0. The van der Waals surface area contributed by atoms with Gasteiger partial charge in [0.15, 0.2) is 5.57 Å². The van der Waals surface area contributed by atoms with E-state index in [1.807, 2.05) is 0 Å². The summed E-state index contributed by atoms with van der Waals surface area (Å²) in [5, 5.41) is 23.8. The Morgan fingerprint density at radius 1 is 1.44 bits per heavy atom. The summed E-state index contributed by atoms with van der Waals surface area (Å²) in [6.45, 7) is 1.77. The van der Waals surface area contributed by atoms with Gasteiger partial charge >= 0.3 is 11.9 Å². The molecule has 0 aromatic carbocycles. The largest absolute Gasteiger partial charge is 0.477 e. The second-order valence-corrected chi connectivity index (χ2v) is 3.11. The third-order valence-corrected chi connectivity index (χ3v) is 1.83. The van der Waals surface area contributed by atoms with Crippen LogP contribution in [0.2, 0.25) is 0 Å². The molecule has 16 heavy (non-hydrogen) atoms. The predicted molar refractivity (Wildman–Crippen MR) is 54.9 cm³/mol.